The second-order valence-electron chi connectivity index (χ2n) is 3.92. The lowest BCUT2D eigenvalue weighted by Crippen LogP contribution is -2.28. The third-order valence-electron chi connectivity index (χ3n) is 2.80. The molecule has 2 rings (SSSR count). The number of nitrogens with zero attached hydrogens (tertiary/aromatic N) is 1. The fourth-order valence-corrected chi connectivity index (χ4v) is 2.94. The van der Waals surface area contributed by atoms with Crippen LogP contribution in [0.4, 0.5) is 0 Å². The molecular formula is C9H15N3O2S. The van der Waals surface area contributed by atoms with Gasteiger partial charge in [0.25, 0.3) is 10.0 Å². The highest BCUT2D eigenvalue weighted by atomic mass is 32.2. The molecule has 0 unspecified atom stereocenters. The largest absolute Gasteiger partial charge is 0.266 e. The molecule has 0 aromatic carbocycles. The standard InChI is InChI=1S/C9H15N3O2S/c13-15(14,9-5-6-10-12-9)11-7-8-3-1-2-4-8/h5-6,8,11H,1-4,7H2,(H,10,12). The maximum Gasteiger partial charge on any atom is 0.257 e. The number of hydrogen-bond acceptors (Lipinski definition) is 3. The van der Waals surface area contributed by atoms with E-state index in [1.807, 2.05) is 0 Å². The van der Waals surface area contributed by atoms with Crippen molar-refractivity contribution >= 4 is 10.0 Å². The summed E-state index contributed by atoms with van der Waals surface area (Å²) >= 11 is 0. The summed E-state index contributed by atoms with van der Waals surface area (Å²) in [5.41, 5.74) is 0. The topological polar surface area (TPSA) is 74.8 Å². The van der Waals surface area contributed by atoms with Gasteiger partial charge in [0.1, 0.15) is 0 Å². The lowest BCUT2D eigenvalue weighted by molar-refractivity contribution is 0.518. The van der Waals surface area contributed by atoms with Crippen LogP contribution in [0.1, 0.15) is 25.7 Å². The van der Waals surface area contributed by atoms with Gasteiger partial charge in [-0.2, -0.15) is 5.10 Å². The first kappa shape index (κ1) is 10.6. The average molecular weight is 229 g/mol. The summed E-state index contributed by atoms with van der Waals surface area (Å²) in [5.74, 6) is 0.502. The Morgan fingerprint density at radius 3 is 2.80 bits per heavy atom. The van der Waals surface area contributed by atoms with Gasteiger partial charge in [0.2, 0.25) is 0 Å². The molecule has 0 amide bonds. The van der Waals surface area contributed by atoms with Gasteiger partial charge in [0.15, 0.2) is 5.03 Å². The first-order valence-corrected chi connectivity index (χ1v) is 6.66. The van der Waals surface area contributed by atoms with Crippen molar-refractivity contribution in [3.63, 3.8) is 0 Å². The quantitative estimate of drug-likeness (QED) is 0.804. The number of aromatic amines is 1. The van der Waals surface area contributed by atoms with Gasteiger partial charge >= 0.3 is 0 Å². The predicted octanol–water partition coefficient (Wildman–Crippen LogP) is 0.878. The zero-order chi connectivity index (χ0) is 10.7. The Kier molecular flexibility index (Phi) is 3.06. The Hall–Kier alpha value is -0.880. The van der Waals surface area contributed by atoms with Gasteiger partial charge < -0.3 is 0 Å². The molecule has 0 bridgehead atoms. The number of sulfonamides is 1. The summed E-state index contributed by atoms with van der Waals surface area (Å²) in [6.45, 7) is 0.543. The van der Waals surface area contributed by atoms with E-state index >= 15 is 0 Å². The number of hydrogen-bond donors (Lipinski definition) is 2. The van der Waals surface area contributed by atoms with Crippen molar-refractivity contribution in [1.29, 1.82) is 0 Å². The van der Waals surface area contributed by atoms with E-state index in [0.717, 1.165) is 12.8 Å². The Labute approximate surface area is 89.3 Å². The van der Waals surface area contributed by atoms with Crippen molar-refractivity contribution in [1.82, 2.24) is 14.9 Å². The second-order valence-corrected chi connectivity index (χ2v) is 5.66. The van der Waals surface area contributed by atoms with Gasteiger partial charge in [0.05, 0.1) is 6.20 Å². The highest BCUT2D eigenvalue weighted by Crippen LogP contribution is 2.24. The Morgan fingerprint density at radius 2 is 2.20 bits per heavy atom. The molecule has 84 valence electrons. The van der Waals surface area contributed by atoms with Crippen LogP contribution in [0.25, 0.3) is 0 Å². The van der Waals surface area contributed by atoms with Crippen molar-refractivity contribution in [2.75, 3.05) is 6.54 Å². The van der Waals surface area contributed by atoms with Crippen LogP contribution in [0.15, 0.2) is 17.3 Å². The fourth-order valence-electron chi connectivity index (χ4n) is 1.91. The third kappa shape index (κ3) is 2.57. The van der Waals surface area contributed by atoms with Crippen LogP contribution in [-0.2, 0) is 10.0 Å². The van der Waals surface area contributed by atoms with Gasteiger partial charge in [-0.05, 0) is 24.8 Å². The summed E-state index contributed by atoms with van der Waals surface area (Å²) in [4.78, 5) is 0. The molecular weight excluding hydrogens is 214 g/mol. The molecule has 1 aliphatic rings. The van der Waals surface area contributed by atoms with E-state index < -0.39 is 10.0 Å². The SMILES string of the molecule is O=S(=O)(NCC1CCCC1)c1ccn[nH]1. The van der Waals surface area contributed by atoms with Crippen LogP contribution in [0.2, 0.25) is 0 Å². The lowest BCUT2D eigenvalue weighted by Gasteiger charge is -2.09. The molecule has 6 heteroatoms. The van der Waals surface area contributed by atoms with E-state index in [1.54, 1.807) is 0 Å². The molecule has 1 aromatic heterocycles. The summed E-state index contributed by atoms with van der Waals surface area (Å²) in [7, 11) is -3.37. The van der Waals surface area contributed by atoms with Crippen molar-refractivity contribution in [3.8, 4) is 0 Å². The molecule has 15 heavy (non-hydrogen) atoms. The molecule has 0 radical (unpaired) electrons. The average Bonchev–Trinajstić information content (AvgIpc) is 2.88. The van der Waals surface area contributed by atoms with Gasteiger partial charge in [-0.25, -0.2) is 13.1 Å². The highest BCUT2D eigenvalue weighted by Gasteiger charge is 2.20. The van der Waals surface area contributed by atoms with Crippen molar-refractivity contribution < 1.29 is 8.42 Å². The number of aromatic nitrogens is 2. The van der Waals surface area contributed by atoms with Gasteiger partial charge in [-0.1, -0.05) is 12.8 Å². The summed E-state index contributed by atoms with van der Waals surface area (Å²) in [6.07, 6.45) is 6.13. The zero-order valence-corrected chi connectivity index (χ0v) is 9.26. The Balaban J connectivity index is 1.93. The summed E-state index contributed by atoms with van der Waals surface area (Å²) < 4.78 is 25.9. The van der Waals surface area contributed by atoms with Crippen LogP contribution < -0.4 is 4.72 Å². The number of nitrogens with one attached hydrogen (secondary N) is 2. The number of rotatable bonds is 4. The fraction of sp³-hybridized carbons (Fsp3) is 0.667. The Morgan fingerprint density at radius 1 is 1.47 bits per heavy atom. The smallest absolute Gasteiger partial charge is 0.257 e. The van der Waals surface area contributed by atoms with Crippen LogP contribution >= 0.6 is 0 Å². The summed E-state index contributed by atoms with van der Waals surface area (Å²) in [5, 5.41) is 6.22. The van der Waals surface area contributed by atoms with Gasteiger partial charge in [0, 0.05) is 6.54 Å². The molecule has 1 fully saturated rings. The molecule has 0 saturated heterocycles. The molecule has 1 heterocycles. The minimum Gasteiger partial charge on any atom is -0.266 e. The van der Waals surface area contributed by atoms with Crippen LogP contribution in [0.3, 0.4) is 0 Å². The third-order valence-corrected chi connectivity index (χ3v) is 4.15. The zero-order valence-electron chi connectivity index (χ0n) is 8.44. The van der Waals surface area contributed by atoms with Crippen molar-refractivity contribution in [3.05, 3.63) is 12.3 Å². The Bertz CT molecular complexity index is 393. The van der Waals surface area contributed by atoms with E-state index in [1.165, 1.54) is 25.1 Å². The van der Waals surface area contributed by atoms with Gasteiger partial charge in [-0.15, -0.1) is 0 Å². The monoisotopic (exact) mass is 229 g/mol. The van der Waals surface area contributed by atoms with Crippen molar-refractivity contribution in [2.24, 2.45) is 5.92 Å². The maximum atomic E-state index is 11.7. The molecule has 0 atom stereocenters. The minimum atomic E-state index is -3.37. The van der Waals surface area contributed by atoms with E-state index in [-0.39, 0.29) is 5.03 Å². The molecule has 5 nitrogen and oxygen atoms in total. The highest BCUT2D eigenvalue weighted by molar-refractivity contribution is 7.89. The van der Waals surface area contributed by atoms with E-state index in [0.29, 0.717) is 12.5 Å². The van der Waals surface area contributed by atoms with Gasteiger partial charge in [-0.3, -0.25) is 5.10 Å². The molecule has 1 saturated carbocycles. The maximum absolute atomic E-state index is 11.7. The molecule has 0 aliphatic heterocycles. The molecule has 2 N–H and O–H groups in total. The second kappa shape index (κ2) is 4.32. The van der Waals surface area contributed by atoms with E-state index in [2.05, 4.69) is 14.9 Å². The predicted molar refractivity (Wildman–Crippen MR) is 55.7 cm³/mol. The van der Waals surface area contributed by atoms with Crippen LogP contribution in [0, 0.1) is 5.92 Å². The number of H-pyrrole nitrogens is 1. The summed E-state index contributed by atoms with van der Waals surface area (Å²) in [6, 6.07) is 1.46. The first-order valence-electron chi connectivity index (χ1n) is 5.17. The van der Waals surface area contributed by atoms with E-state index in [4.69, 9.17) is 0 Å². The van der Waals surface area contributed by atoms with Crippen LogP contribution in [-0.4, -0.2) is 25.2 Å². The molecule has 0 spiro atoms. The van der Waals surface area contributed by atoms with Crippen molar-refractivity contribution in [2.45, 2.75) is 30.7 Å². The molecule has 1 aromatic rings. The van der Waals surface area contributed by atoms with E-state index in [9.17, 15) is 8.42 Å². The normalized spacial score (nSPS) is 18.4. The van der Waals surface area contributed by atoms with Crippen LogP contribution in [0.5, 0.6) is 0 Å². The minimum absolute atomic E-state index is 0.139. The first-order chi connectivity index (χ1) is 7.18. The molecule has 1 aliphatic carbocycles. The lowest BCUT2D eigenvalue weighted by atomic mass is 10.1.